The van der Waals surface area contributed by atoms with Crippen molar-refractivity contribution in [2.24, 2.45) is 5.73 Å². The molecule has 1 aromatic rings. The van der Waals surface area contributed by atoms with Crippen LogP contribution in [0.1, 0.15) is 41.1 Å². The van der Waals surface area contributed by atoms with Gasteiger partial charge in [0.1, 0.15) is 0 Å². The van der Waals surface area contributed by atoms with E-state index >= 15 is 0 Å². The van der Waals surface area contributed by atoms with Gasteiger partial charge in [0.05, 0.1) is 0 Å². The van der Waals surface area contributed by atoms with Crippen molar-refractivity contribution in [1.29, 1.82) is 0 Å². The molecule has 0 radical (unpaired) electrons. The van der Waals surface area contributed by atoms with Crippen LogP contribution in [-0.2, 0) is 12.8 Å². The molecular weight excluding hydrogens is 190 g/mol. The molecule has 1 aliphatic carbocycles. The predicted octanol–water partition coefficient (Wildman–Crippen LogP) is 3.20. The number of fused-ring (bicyclic) bond motifs is 1. The number of hydrogen-bond acceptors (Lipinski definition) is 2. The van der Waals surface area contributed by atoms with Crippen LogP contribution in [-0.4, -0.2) is 0 Å². The van der Waals surface area contributed by atoms with E-state index in [0.29, 0.717) is 0 Å². The smallest absolute Gasteiger partial charge is 0.0427 e. The molecular formula is C12H17NS. The topological polar surface area (TPSA) is 26.0 Å². The Hall–Kier alpha value is -0.600. The summed E-state index contributed by atoms with van der Waals surface area (Å²) in [6.07, 6.45) is 4.77. The van der Waals surface area contributed by atoms with E-state index in [4.69, 9.17) is 5.73 Å². The van der Waals surface area contributed by atoms with E-state index in [2.05, 4.69) is 12.6 Å². The summed E-state index contributed by atoms with van der Waals surface area (Å²) in [5, 5.41) is 0. The van der Waals surface area contributed by atoms with Gasteiger partial charge in [-0.25, -0.2) is 0 Å². The van der Waals surface area contributed by atoms with Gasteiger partial charge in [0.2, 0.25) is 0 Å². The minimum absolute atomic E-state index is 0.170. The molecule has 0 bridgehead atoms. The van der Waals surface area contributed by atoms with Gasteiger partial charge >= 0.3 is 0 Å². The van der Waals surface area contributed by atoms with Crippen LogP contribution < -0.4 is 5.73 Å². The van der Waals surface area contributed by atoms with Crippen LogP contribution in [0.15, 0.2) is 18.2 Å². The average Bonchev–Trinajstić information content (AvgIpc) is 2.58. The van der Waals surface area contributed by atoms with Crippen LogP contribution in [0.3, 0.4) is 0 Å². The maximum absolute atomic E-state index is 6.11. The van der Waals surface area contributed by atoms with Gasteiger partial charge in [-0.1, -0.05) is 5.57 Å². The molecule has 1 atom stereocenters. The molecule has 0 amide bonds. The fourth-order valence-electron chi connectivity index (χ4n) is 2.01. The summed E-state index contributed by atoms with van der Waals surface area (Å²) in [4.78, 5) is 2.91. The third-order valence-electron chi connectivity index (χ3n) is 2.70. The third-order valence-corrected chi connectivity index (χ3v) is 4.07. The molecule has 1 aliphatic rings. The molecule has 2 N–H and O–H groups in total. The number of hydrogen-bond donors (Lipinski definition) is 1. The van der Waals surface area contributed by atoms with Crippen LogP contribution >= 0.6 is 11.3 Å². The van der Waals surface area contributed by atoms with Gasteiger partial charge in [0.15, 0.2) is 0 Å². The molecule has 1 aromatic heterocycles. The molecule has 1 nitrogen and oxygen atoms in total. The molecule has 1 unspecified atom stereocenters. The lowest BCUT2D eigenvalue weighted by Gasteiger charge is -2.08. The fraction of sp³-hybridized carbons (Fsp3) is 0.500. The molecule has 0 fully saturated rings. The number of nitrogens with two attached hydrogens (primary N) is 1. The van der Waals surface area contributed by atoms with Gasteiger partial charge in [-0.2, -0.15) is 0 Å². The Bertz CT molecular complexity index is 330. The van der Waals surface area contributed by atoms with Gasteiger partial charge in [-0.15, -0.1) is 17.9 Å². The molecule has 2 heteroatoms. The van der Waals surface area contributed by atoms with Gasteiger partial charge in [0.25, 0.3) is 0 Å². The van der Waals surface area contributed by atoms with E-state index in [1.807, 2.05) is 18.3 Å². The maximum Gasteiger partial charge on any atom is 0.0427 e. The van der Waals surface area contributed by atoms with Crippen molar-refractivity contribution in [3.8, 4) is 0 Å². The molecule has 0 saturated heterocycles. The third kappa shape index (κ3) is 1.91. The van der Waals surface area contributed by atoms with Crippen LogP contribution in [0, 0.1) is 0 Å². The quantitative estimate of drug-likeness (QED) is 0.757. The Balaban J connectivity index is 2.13. The standard InChI is InChI=1S/C12H17NS/c1-8(2)6-10(13)12-7-9-4-3-5-11(9)14-12/h7,10H,1,3-6,13H2,2H3. The average molecular weight is 207 g/mol. The predicted molar refractivity (Wildman–Crippen MR) is 62.7 cm³/mol. The summed E-state index contributed by atoms with van der Waals surface area (Å²) >= 11 is 1.91. The monoisotopic (exact) mass is 207 g/mol. The van der Waals surface area contributed by atoms with Gasteiger partial charge in [-0.05, 0) is 44.2 Å². The first-order valence-electron chi connectivity index (χ1n) is 5.18. The lowest BCUT2D eigenvalue weighted by molar-refractivity contribution is 0.730. The summed E-state index contributed by atoms with van der Waals surface area (Å²) in [5.41, 5.74) is 8.82. The van der Waals surface area contributed by atoms with E-state index in [1.54, 1.807) is 10.4 Å². The zero-order valence-corrected chi connectivity index (χ0v) is 9.49. The van der Waals surface area contributed by atoms with Crippen molar-refractivity contribution in [1.82, 2.24) is 0 Å². The second-order valence-electron chi connectivity index (χ2n) is 4.22. The second kappa shape index (κ2) is 3.87. The van der Waals surface area contributed by atoms with Crippen molar-refractivity contribution >= 4 is 11.3 Å². The van der Waals surface area contributed by atoms with Crippen LogP contribution in [0.4, 0.5) is 0 Å². The van der Waals surface area contributed by atoms with Gasteiger partial charge < -0.3 is 5.73 Å². The molecule has 1 heterocycles. The number of aryl methyl sites for hydroxylation is 2. The zero-order chi connectivity index (χ0) is 10.1. The normalized spacial score (nSPS) is 16.7. The largest absolute Gasteiger partial charge is 0.323 e. The summed E-state index contributed by atoms with van der Waals surface area (Å²) in [6, 6.07) is 2.48. The molecule has 2 rings (SSSR count). The highest BCUT2D eigenvalue weighted by atomic mass is 32.1. The Morgan fingerprint density at radius 3 is 3.07 bits per heavy atom. The Kier molecular flexibility index (Phi) is 2.75. The highest BCUT2D eigenvalue weighted by molar-refractivity contribution is 7.12. The number of rotatable bonds is 3. The van der Waals surface area contributed by atoms with Crippen LogP contribution in [0.25, 0.3) is 0 Å². The fourth-order valence-corrected chi connectivity index (χ4v) is 3.27. The zero-order valence-electron chi connectivity index (χ0n) is 8.68. The summed E-state index contributed by atoms with van der Waals surface area (Å²) < 4.78 is 0. The van der Waals surface area contributed by atoms with Crippen molar-refractivity contribution in [2.75, 3.05) is 0 Å². The minimum atomic E-state index is 0.170. The summed E-state index contributed by atoms with van der Waals surface area (Å²) in [7, 11) is 0. The molecule has 14 heavy (non-hydrogen) atoms. The highest BCUT2D eigenvalue weighted by Gasteiger charge is 2.17. The molecule has 76 valence electrons. The van der Waals surface area contributed by atoms with Crippen molar-refractivity contribution < 1.29 is 0 Å². The molecule has 0 spiro atoms. The summed E-state index contributed by atoms with van der Waals surface area (Å²) in [6.45, 7) is 5.95. The molecule has 0 aliphatic heterocycles. The lowest BCUT2D eigenvalue weighted by atomic mass is 10.1. The Labute approximate surface area is 89.6 Å². The first-order chi connectivity index (χ1) is 6.66. The Morgan fingerprint density at radius 2 is 2.43 bits per heavy atom. The first-order valence-corrected chi connectivity index (χ1v) is 6.00. The van der Waals surface area contributed by atoms with E-state index in [1.165, 1.54) is 29.7 Å². The van der Waals surface area contributed by atoms with Crippen LogP contribution in [0.5, 0.6) is 0 Å². The highest BCUT2D eigenvalue weighted by Crippen LogP contribution is 2.34. The van der Waals surface area contributed by atoms with Gasteiger partial charge in [0, 0.05) is 15.8 Å². The lowest BCUT2D eigenvalue weighted by Crippen LogP contribution is -2.08. The van der Waals surface area contributed by atoms with Gasteiger partial charge in [-0.3, -0.25) is 0 Å². The number of thiophene rings is 1. The van der Waals surface area contributed by atoms with E-state index in [-0.39, 0.29) is 6.04 Å². The van der Waals surface area contributed by atoms with Crippen LogP contribution in [0.2, 0.25) is 0 Å². The van der Waals surface area contributed by atoms with Crippen molar-refractivity contribution in [2.45, 2.75) is 38.6 Å². The van der Waals surface area contributed by atoms with E-state index < -0.39 is 0 Å². The Morgan fingerprint density at radius 1 is 1.64 bits per heavy atom. The van der Waals surface area contributed by atoms with Crippen molar-refractivity contribution in [3.63, 3.8) is 0 Å². The second-order valence-corrected chi connectivity index (χ2v) is 5.39. The molecule has 0 saturated carbocycles. The molecule has 0 aromatic carbocycles. The van der Waals surface area contributed by atoms with E-state index in [9.17, 15) is 0 Å². The minimum Gasteiger partial charge on any atom is -0.323 e. The first kappa shape index (κ1) is 9.94. The van der Waals surface area contributed by atoms with Crippen molar-refractivity contribution in [3.05, 3.63) is 33.5 Å². The van der Waals surface area contributed by atoms with E-state index in [0.717, 1.165) is 6.42 Å². The SMILES string of the molecule is C=C(C)CC(N)c1cc2c(s1)CCC2. The maximum atomic E-state index is 6.11. The summed E-state index contributed by atoms with van der Waals surface area (Å²) in [5.74, 6) is 0.